The van der Waals surface area contributed by atoms with Crippen LogP contribution in [0.3, 0.4) is 0 Å². The predicted octanol–water partition coefficient (Wildman–Crippen LogP) is 0.728. The summed E-state index contributed by atoms with van der Waals surface area (Å²) in [5.74, 6) is 0. The van der Waals surface area contributed by atoms with Crippen molar-refractivity contribution in [2.24, 2.45) is 5.73 Å². The Bertz CT molecular complexity index is 377. The number of urea groups is 1. The third-order valence-corrected chi connectivity index (χ3v) is 3.03. The number of morpholine rings is 1. The van der Waals surface area contributed by atoms with E-state index in [2.05, 4.69) is 5.32 Å². The first-order chi connectivity index (χ1) is 8.81. The van der Waals surface area contributed by atoms with Gasteiger partial charge in [-0.25, -0.2) is 4.79 Å². The Morgan fingerprint density at radius 3 is 2.61 bits per heavy atom. The second kappa shape index (κ2) is 6.37. The SMILES string of the molecule is NCC(NC(=O)N1CCOCC1)c1ccccc1. The smallest absolute Gasteiger partial charge is 0.318 e. The lowest BCUT2D eigenvalue weighted by molar-refractivity contribution is 0.0525. The Labute approximate surface area is 107 Å². The lowest BCUT2D eigenvalue weighted by atomic mass is 10.1. The fraction of sp³-hybridized carbons (Fsp3) is 0.462. The summed E-state index contributed by atoms with van der Waals surface area (Å²) in [6.07, 6.45) is 0. The lowest BCUT2D eigenvalue weighted by Gasteiger charge is -2.29. The van der Waals surface area contributed by atoms with Crippen LogP contribution in [0.15, 0.2) is 30.3 Å². The quantitative estimate of drug-likeness (QED) is 0.829. The van der Waals surface area contributed by atoms with E-state index < -0.39 is 0 Å². The Morgan fingerprint density at radius 1 is 1.33 bits per heavy atom. The van der Waals surface area contributed by atoms with Crippen molar-refractivity contribution in [2.75, 3.05) is 32.8 Å². The van der Waals surface area contributed by atoms with Crippen LogP contribution in [-0.4, -0.2) is 43.8 Å². The van der Waals surface area contributed by atoms with Crippen LogP contribution in [0.5, 0.6) is 0 Å². The van der Waals surface area contributed by atoms with Crippen molar-refractivity contribution in [3.63, 3.8) is 0 Å². The van der Waals surface area contributed by atoms with E-state index in [4.69, 9.17) is 10.5 Å². The Morgan fingerprint density at radius 2 is 2.00 bits per heavy atom. The fourth-order valence-corrected chi connectivity index (χ4v) is 1.97. The van der Waals surface area contributed by atoms with Gasteiger partial charge >= 0.3 is 6.03 Å². The molecule has 1 aromatic carbocycles. The average Bonchev–Trinajstić information content (AvgIpc) is 2.46. The van der Waals surface area contributed by atoms with Gasteiger partial charge < -0.3 is 20.7 Å². The highest BCUT2D eigenvalue weighted by atomic mass is 16.5. The molecule has 1 aliphatic rings. The van der Waals surface area contributed by atoms with Crippen LogP contribution in [0, 0.1) is 0 Å². The minimum Gasteiger partial charge on any atom is -0.378 e. The molecule has 1 saturated heterocycles. The summed E-state index contributed by atoms with van der Waals surface area (Å²) in [5, 5.41) is 2.96. The van der Waals surface area contributed by atoms with Gasteiger partial charge in [-0.1, -0.05) is 30.3 Å². The Hall–Kier alpha value is -1.59. The number of hydrogen-bond acceptors (Lipinski definition) is 3. The number of amides is 2. The molecular weight excluding hydrogens is 230 g/mol. The molecule has 1 atom stereocenters. The molecule has 1 aromatic rings. The van der Waals surface area contributed by atoms with E-state index in [1.54, 1.807) is 4.90 Å². The van der Waals surface area contributed by atoms with E-state index in [0.717, 1.165) is 5.56 Å². The molecule has 5 heteroatoms. The molecule has 18 heavy (non-hydrogen) atoms. The van der Waals surface area contributed by atoms with Gasteiger partial charge in [0.25, 0.3) is 0 Å². The summed E-state index contributed by atoms with van der Waals surface area (Å²) in [7, 11) is 0. The van der Waals surface area contributed by atoms with Crippen LogP contribution in [-0.2, 0) is 4.74 Å². The van der Waals surface area contributed by atoms with Gasteiger partial charge in [-0.15, -0.1) is 0 Å². The molecule has 1 aliphatic heterocycles. The van der Waals surface area contributed by atoms with E-state index in [1.807, 2.05) is 30.3 Å². The number of ether oxygens (including phenoxy) is 1. The van der Waals surface area contributed by atoms with Gasteiger partial charge in [-0.3, -0.25) is 0 Å². The standard InChI is InChI=1S/C13H19N3O2/c14-10-12(11-4-2-1-3-5-11)15-13(17)16-6-8-18-9-7-16/h1-5,12H,6-10,14H2,(H,15,17). The van der Waals surface area contributed by atoms with Crippen LogP contribution >= 0.6 is 0 Å². The van der Waals surface area contributed by atoms with Crippen molar-refractivity contribution < 1.29 is 9.53 Å². The predicted molar refractivity (Wildman–Crippen MR) is 69.2 cm³/mol. The van der Waals surface area contributed by atoms with Crippen LogP contribution in [0.1, 0.15) is 11.6 Å². The number of hydrogen-bond donors (Lipinski definition) is 2. The molecule has 3 N–H and O–H groups in total. The van der Waals surface area contributed by atoms with Crippen LogP contribution in [0.25, 0.3) is 0 Å². The second-order valence-electron chi connectivity index (χ2n) is 4.25. The van der Waals surface area contributed by atoms with E-state index >= 15 is 0 Å². The van der Waals surface area contributed by atoms with Gasteiger partial charge in [-0.05, 0) is 5.56 Å². The molecule has 5 nitrogen and oxygen atoms in total. The van der Waals surface area contributed by atoms with Crippen LogP contribution in [0.4, 0.5) is 4.79 Å². The molecule has 0 aromatic heterocycles. The van der Waals surface area contributed by atoms with Gasteiger partial charge in [0.2, 0.25) is 0 Å². The molecule has 0 bridgehead atoms. The van der Waals surface area contributed by atoms with Crippen molar-refractivity contribution in [3.8, 4) is 0 Å². The maximum absolute atomic E-state index is 12.0. The summed E-state index contributed by atoms with van der Waals surface area (Å²) in [4.78, 5) is 13.8. The number of rotatable bonds is 3. The maximum Gasteiger partial charge on any atom is 0.318 e. The van der Waals surface area contributed by atoms with Crippen molar-refractivity contribution in [1.29, 1.82) is 0 Å². The normalized spacial score (nSPS) is 17.3. The van der Waals surface area contributed by atoms with Gasteiger partial charge in [0.05, 0.1) is 19.3 Å². The number of carbonyl (C=O) groups excluding carboxylic acids is 1. The molecular formula is C13H19N3O2. The number of benzene rings is 1. The number of nitrogens with zero attached hydrogens (tertiary/aromatic N) is 1. The van der Waals surface area contributed by atoms with Gasteiger partial charge in [0, 0.05) is 19.6 Å². The topological polar surface area (TPSA) is 67.6 Å². The minimum absolute atomic E-state index is 0.0717. The zero-order chi connectivity index (χ0) is 12.8. The average molecular weight is 249 g/mol. The minimum atomic E-state index is -0.137. The zero-order valence-electron chi connectivity index (χ0n) is 10.3. The molecule has 0 spiro atoms. The first-order valence-corrected chi connectivity index (χ1v) is 6.19. The van der Waals surface area contributed by atoms with Crippen LogP contribution in [0.2, 0.25) is 0 Å². The number of carbonyl (C=O) groups is 1. The van der Waals surface area contributed by atoms with Crippen molar-refractivity contribution in [2.45, 2.75) is 6.04 Å². The molecule has 0 aliphatic carbocycles. The van der Waals surface area contributed by atoms with Crippen molar-refractivity contribution in [3.05, 3.63) is 35.9 Å². The third-order valence-electron chi connectivity index (χ3n) is 3.03. The molecule has 2 amide bonds. The summed E-state index contributed by atoms with van der Waals surface area (Å²) in [6, 6.07) is 9.56. The molecule has 1 unspecified atom stereocenters. The molecule has 1 heterocycles. The highest BCUT2D eigenvalue weighted by Crippen LogP contribution is 2.11. The Kier molecular flexibility index (Phi) is 4.55. The van der Waals surface area contributed by atoms with E-state index in [0.29, 0.717) is 32.8 Å². The highest BCUT2D eigenvalue weighted by Gasteiger charge is 2.20. The summed E-state index contributed by atoms with van der Waals surface area (Å²) >= 11 is 0. The lowest BCUT2D eigenvalue weighted by Crippen LogP contribution is -2.48. The van der Waals surface area contributed by atoms with E-state index in [1.165, 1.54) is 0 Å². The zero-order valence-corrected chi connectivity index (χ0v) is 10.3. The number of nitrogens with two attached hydrogens (primary N) is 1. The number of nitrogens with one attached hydrogen (secondary N) is 1. The first-order valence-electron chi connectivity index (χ1n) is 6.19. The first kappa shape index (κ1) is 12.9. The van der Waals surface area contributed by atoms with Crippen LogP contribution < -0.4 is 11.1 Å². The third kappa shape index (κ3) is 3.21. The molecule has 0 radical (unpaired) electrons. The largest absolute Gasteiger partial charge is 0.378 e. The van der Waals surface area contributed by atoms with Gasteiger partial charge in [0.1, 0.15) is 0 Å². The van der Waals surface area contributed by atoms with E-state index in [-0.39, 0.29) is 12.1 Å². The summed E-state index contributed by atoms with van der Waals surface area (Å²) in [6.45, 7) is 2.87. The summed E-state index contributed by atoms with van der Waals surface area (Å²) in [5.41, 5.74) is 6.75. The molecule has 1 fully saturated rings. The highest BCUT2D eigenvalue weighted by molar-refractivity contribution is 5.74. The Balaban J connectivity index is 1.95. The second-order valence-corrected chi connectivity index (χ2v) is 4.25. The molecule has 0 saturated carbocycles. The monoisotopic (exact) mass is 249 g/mol. The van der Waals surface area contributed by atoms with Crippen molar-refractivity contribution in [1.82, 2.24) is 10.2 Å². The van der Waals surface area contributed by atoms with Gasteiger partial charge in [-0.2, -0.15) is 0 Å². The molecule has 98 valence electrons. The fourth-order valence-electron chi connectivity index (χ4n) is 1.97. The van der Waals surface area contributed by atoms with Crippen molar-refractivity contribution >= 4 is 6.03 Å². The van der Waals surface area contributed by atoms with Gasteiger partial charge in [0.15, 0.2) is 0 Å². The maximum atomic E-state index is 12.0. The van der Waals surface area contributed by atoms with E-state index in [9.17, 15) is 4.79 Å². The molecule has 2 rings (SSSR count). The summed E-state index contributed by atoms with van der Waals surface area (Å²) < 4.78 is 5.22.